The molecule has 104 valence electrons. The van der Waals surface area contributed by atoms with E-state index in [1.54, 1.807) is 0 Å². The monoisotopic (exact) mass is 264 g/mol. The van der Waals surface area contributed by atoms with E-state index in [2.05, 4.69) is 10.1 Å². The number of carboxylic acids is 1. The minimum Gasteiger partial charge on any atom is -0.481 e. The van der Waals surface area contributed by atoms with Crippen LogP contribution in [0.4, 0.5) is 0 Å². The van der Waals surface area contributed by atoms with Crippen molar-refractivity contribution in [3.63, 3.8) is 0 Å². The van der Waals surface area contributed by atoms with Gasteiger partial charge in [0.15, 0.2) is 0 Å². The number of carbonyl (C=O) groups is 1. The lowest BCUT2D eigenvalue weighted by Gasteiger charge is -2.15. The molecule has 1 saturated heterocycles. The van der Waals surface area contributed by atoms with E-state index in [4.69, 9.17) is 4.52 Å². The van der Waals surface area contributed by atoms with Crippen LogP contribution in [-0.4, -0.2) is 34.2 Å². The molecule has 2 heterocycles. The van der Waals surface area contributed by atoms with Crippen LogP contribution >= 0.6 is 0 Å². The molecule has 5 nitrogen and oxygen atoms in total. The average molecular weight is 264 g/mol. The third-order valence-corrected chi connectivity index (χ3v) is 4.55. The zero-order chi connectivity index (χ0) is 13.6. The van der Waals surface area contributed by atoms with Crippen molar-refractivity contribution in [2.24, 2.45) is 17.8 Å². The van der Waals surface area contributed by atoms with Gasteiger partial charge >= 0.3 is 5.97 Å². The zero-order valence-corrected chi connectivity index (χ0v) is 11.4. The van der Waals surface area contributed by atoms with Gasteiger partial charge in [0, 0.05) is 25.2 Å². The van der Waals surface area contributed by atoms with Crippen LogP contribution in [0.3, 0.4) is 0 Å². The fraction of sp³-hybridized carbons (Fsp3) is 0.714. The first-order valence-electron chi connectivity index (χ1n) is 6.93. The minimum atomic E-state index is -0.641. The summed E-state index contributed by atoms with van der Waals surface area (Å²) in [4.78, 5) is 13.6. The maximum Gasteiger partial charge on any atom is 0.308 e. The second-order valence-electron chi connectivity index (χ2n) is 5.94. The Morgan fingerprint density at radius 3 is 2.68 bits per heavy atom. The Morgan fingerprint density at radius 2 is 2.16 bits per heavy atom. The molecule has 2 fully saturated rings. The van der Waals surface area contributed by atoms with Crippen molar-refractivity contribution >= 4 is 5.97 Å². The average Bonchev–Trinajstić information content (AvgIpc) is 3.05. The molecule has 0 spiro atoms. The first-order valence-corrected chi connectivity index (χ1v) is 6.93. The number of rotatable bonds is 4. The Kier molecular flexibility index (Phi) is 3.09. The summed E-state index contributed by atoms with van der Waals surface area (Å²) in [5, 5.41) is 13.3. The quantitative estimate of drug-likeness (QED) is 0.898. The van der Waals surface area contributed by atoms with E-state index < -0.39 is 5.97 Å². The Hall–Kier alpha value is -1.36. The van der Waals surface area contributed by atoms with E-state index in [9.17, 15) is 9.90 Å². The van der Waals surface area contributed by atoms with E-state index >= 15 is 0 Å². The van der Waals surface area contributed by atoms with Crippen molar-refractivity contribution in [1.82, 2.24) is 10.1 Å². The van der Waals surface area contributed by atoms with Crippen LogP contribution in [0.2, 0.25) is 0 Å². The SMILES string of the molecule is Cc1noc(C)c1CN1C[C@@H](C(=O)O)[C@H](C2CC2)C1. The Balaban J connectivity index is 1.71. The molecular weight excluding hydrogens is 244 g/mol. The third-order valence-electron chi connectivity index (χ3n) is 4.55. The van der Waals surface area contributed by atoms with E-state index in [-0.39, 0.29) is 5.92 Å². The van der Waals surface area contributed by atoms with Crippen molar-refractivity contribution in [3.05, 3.63) is 17.0 Å². The molecule has 0 radical (unpaired) electrons. The molecule has 19 heavy (non-hydrogen) atoms. The second-order valence-corrected chi connectivity index (χ2v) is 5.94. The molecular formula is C14H20N2O3. The minimum absolute atomic E-state index is 0.201. The van der Waals surface area contributed by atoms with Gasteiger partial charge in [-0.1, -0.05) is 5.16 Å². The van der Waals surface area contributed by atoms with E-state index in [1.807, 2.05) is 13.8 Å². The molecule has 0 bridgehead atoms. The lowest BCUT2D eigenvalue weighted by molar-refractivity contribution is -0.142. The summed E-state index contributed by atoms with van der Waals surface area (Å²) in [5.41, 5.74) is 2.03. The van der Waals surface area contributed by atoms with Crippen LogP contribution in [-0.2, 0) is 11.3 Å². The van der Waals surface area contributed by atoms with Gasteiger partial charge in [-0.15, -0.1) is 0 Å². The summed E-state index contributed by atoms with van der Waals surface area (Å²) in [7, 11) is 0. The maximum atomic E-state index is 11.4. The number of nitrogens with zero attached hydrogens (tertiary/aromatic N) is 2. The number of likely N-dealkylation sites (tertiary alicyclic amines) is 1. The maximum absolute atomic E-state index is 11.4. The van der Waals surface area contributed by atoms with Gasteiger partial charge in [-0.2, -0.15) is 0 Å². The molecule has 0 amide bonds. The predicted molar refractivity (Wildman–Crippen MR) is 68.6 cm³/mol. The number of aromatic nitrogens is 1. The highest BCUT2D eigenvalue weighted by molar-refractivity contribution is 5.71. The van der Waals surface area contributed by atoms with Crippen molar-refractivity contribution in [2.45, 2.75) is 33.2 Å². The van der Waals surface area contributed by atoms with Gasteiger partial charge in [0.05, 0.1) is 11.6 Å². The molecule has 0 aromatic carbocycles. The molecule has 1 aliphatic heterocycles. The van der Waals surface area contributed by atoms with Gasteiger partial charge < -0.3 is 9.63 Å². The van der Waals surface area contributed by atoms with Crippen molar-refractivity contribution in [3.8, 4) is 0 Å². The molecule has 1 aromatic heterocycles. The first kappa shape index (κ1) is 12.7. The number of hydrogen-bond donors (Lipinski definition) is 1. The summed E-state index contributed by atoms with van der Waals surface area (Å²) in [5.74, 6) is 0.971. The Labute approximate surface area is 112 Å². The van der Waals surface area contributed by atoms with E-state index in [1.165, 1.54) is 12.8 Å². The standard InChI is InChI=1S/C14H20N2O3/c1-8-11(9(2)19-15-8)5-16-6-12(10-3-4-10)13(7-16)14(17)18/h10,12-13H,3-7H2,1-2H3,(H,17,18)/t12-,13+/m0/s1. The van der Waals surface area contributed by atoms with Crippen LogP contribution in [0.15, 0.2) is 4.52 Å². The van der Waals surface area contributed by atoms with Crippen molar-refractivity contribution in [2.75, 3.05) is 13.1 Å². The lowest BCUT2D eigenvalue weighted by Crippen LogP contribution is -2.24. The van der Waals surface area contributed by atoms with Crippen molar-refractivity contribution in [1.29, 1.82) is 0 Å². The summed E-state index contributed by atoms with van der Waals surface area (Å²) in [6, 6.07) is 0. The Bertz CT molecular complexity index is 473. The van der Waals surface area contributed by atoms with Crippen LogP contribution in [0.5, 0.6) is 0 Å². The van der Waals surface area contributed by atoms with Gasteiger partial charge in [0.25, 0.3) is 0 Å². The number of aliphatic carboxylic acids is 1. The molecule has 2 atom stereocenters. The molecule has 1 N–H and O–H groups in total. The summed E-state index contributed by atoms with van der Waals surface area (Å²) in [6.07, 6.45) is 2.40. The largest absolute Gasteiger partial charge is 0.481 e. The first-order chi connectivity index (χ1) is 9.06. The number of aryl methyl sites for hydroxylation is 2. The summed E-state index contributed by atoms with van der Waals surface area (Å²) in [6.45, 7) is 6.16. The fourth-order valence-electron chi connectivity index (χ4n) is 3.26. The molecule has 1 aliphatic carbocycles. The molecule has 1 saturated carbocycles. The molecule has 1 aromatic rings. The van der Waals surface area contributed by atoms with E-state index in [0.717, 1.165) is 30.1 Å². The summed E-state index contributed by atoms with van der Waals surface area (Å²) < 4.78 is 5.17. The van der Waals surface area contributed by atoms with E-state index in [0.29, 0.717) is 18.4 Å². The normalized spacial score (nSPS) is 27.9. The van der Waals surface area contributed by atoms with Gasteiger partial charge in [-0.3, -0.25) is 9.69 Å². The lowest BCUT2D eigenvalue weighted by atomic mass is 9.92. The van der Waals surface area contributed by atoms with Gasteiger partial charge in [-0.25, -0.2) is 0 Å². The highest BCUT2D eigenvalue weighted by Gasteiger charge is 2.45. The number of carboxylic acid groups (broad SMARTS) is 1. The molecule has 0 unspecified atom stereocenters. The molecule has 2 aliphatic rings. The fourth-order valence-corrected chi connectivity index (χ4v) is 3.26. The van der Waals surface area contributed by atoms with Gasteiger partial charge in [0.2, 0.25) is 0 Å². The van der Waals surface area contributed by atoms with Crippen LogP contribution < -0.4 is 0 Å². The summed E-state index contributed by atoms with van der Waals surface area (Å²) >= 11 is 0. The molecule has 3 rings (SSSR count). The van der Waals surface area contributed by atoms with Crippen LogP contribution in [0, 0.1) is 31.6 Å². The van der Waals surface area contributed by atoms with Gasteiger partial charge in [-0.05, 0) is 38.5 Å². The zero-order valence-electron chi connectivity index (χ0n) is 11.4. The number of hydrogen-bond acceptors (Lipinski definition) is 4. The third kappa shape index (κ3) is 2.39. The van der Waals surface area contributed by atoms with Crippen molar-refractivity contribution < 1.29 is 14.4 Å². The van der Waals surface area contributed by atoms with Crippen LogP contribution in [0.25, 0.3) is 0 Å². The highest BCUT2D eigenvalue weighted by Crippen LogP contribution is 2.44. The topological polar surface area (TPSA) is 66.6 Å². The Morgan fingerprint density at radius 1 is 1.42 bits per heavy atom. The predicted octanol–water partition coefficient (Wildman–Crippen LogP) is 1.83. The van der Waals surface area contributed by atoms with Crippen LogP contribution in [0.1, 0.15) is 29.9 Å². The second kappa shape index (κ2) is 4.63. The highest BCUT2D eigenvalue weighted by atomic mass is 16.5. The molecule has 5 heteroatoms. The smallest absolute Gasteiger partial charge is 0.308 e. The van der Waals surface area contributed by atoms with Gasteiger partial charge in [0.1, 0.15) is 5.76 Å².